The van der Waals surface area contributed by atoms with Crippen LogP contribution in [-0.2, 0) is 20.0 Å². The van der Waals surface area contributed by atoms with E-state index in [0.717, 1.165) is 25.9 Å². The van der Waals surface area contributed by atoms with Gasteiger partial charge in [-0.3, -0.25) is 19.3 Å². The van der Waals surface area contributed by atoms with Gasteiger partial charge in [-0.1, -0.05) is 12.1 Å². The summed E-state index contributed by atoms with van der Waals surface area (Å²) in [5.41, 5.74) is -5.33. The molecule has 10 heteroatoms. The van der Waals surface area contributed by atoms with Crippen LogP contribution in [0.5, 0.6) is 5.75 Å². The topological polar surface area (TPSA) is 168 Å². The number of ketones is 2. The van der Waals surface area contributed by atoms with Gasteiger partial charge in [-0.05, 0) is 50.9 Å². The van der Waals surface area contributed by atoms with Crippen LogP contribution in [-0.4, -0.2) is 73.3 Å². The predicted octanol–water partition coefficient (Wildman–Crippen LogP) is 0.773. The molecule has 4 atom stereocenters. The zero-order valence-electron chi connectivity index (χ0n) is 19.2. The molecule has 1 saturated heterocycles. The number of rotatable bonds is 3. The Balaban J connectivity index is 1.58. The number of aromatic hydroxyl groups is 1. The van der Waals surface area contributed by atoms with Gasteiger partial charge >= 0.3 is 0 Å². The lowest BCUT2D eigenvalue weighted by Crippen LogP contribution is -2.60. The largest absolute Gasteiger partial charge is 0.508 e. The first-order chi connectivity index (χ1) is 16.5. The number of benzene rings is 1. The van der Waals surface area contributed by atoms with Crippen molar-refractivity contribution in [3.05, 3.63) is 46.2 Å². The van der Waals surface area contributed by atoms with Crippen LogP contribution >= 0.6 is 0 Å². The van der Waals surface area contributed by atoms with E-state index >= 15 is 0 Å². The number of nitrogens with zero attached hydrogens (tertiary/aromatic N) is 1. The van der Waals surface area contributed by atoms with Crippen molar-refractivity contribution < 1.29 is 39.9 Å². The summed E-state index contributed by atoms with van der Waals surface area (Å²) in [5, 5.41) is 57.8. The van der Waals surface area contributed by atoms with E-state index in [4.69, 9.17) is 0 Å². The summed E-state index contributed by atoms with van der Waals surface area (Å²) in [6.45, 7) is 3.16. The van der Waals surface area contributed by atoms with Crippen LogP contribution in [0.15, 0.2) is 35.1 Å². The van der Waals surface area contributed by atoms with Crippen molar-refractivity contribution in [3.8, 4) is 5.75 Å². The molecule has 35 heavy (non-hydrogen) atoms. The molecule has 3 aliphatic carbocycles. The molecule has 10 nitrogen and oxygen atoms in total. The fourth-order valence-electron chi connectivity index (χ4n) is 6.07. The van der Waals surface area contributed by atoms with Gasteiger partial charge in [-0.25, -0.2) is 0 Å². The average molecular weight is 485 g/mol. The summed E-state index contributed by atoms with van der Waals surface area (Å²) in [7, 11) is 0. The molecule has 4 unspecified atom stereocenters. The number of amides is 1. The van der Waals surface area contributed by atoms with Gasteiger partial charge in [0.2, 0.25) is 5.78 Å². The average Bonchev–Trinajstić information content (AvgIpc) is 3.32. The van der Waals surface area contributed by atoms with E-state index in [0.29, 0.717) is 0 Å². The molecule has 1 aliphatic heterocycles. The van der Waals surface area contributed by atoms with Gasteiger partial charge in [-0.15, -0.1) is 0 Å². The van der Waals surface area contributed by atoms with Crippen LogP contribution in [0.1, 0.15) is 43.7 Å². The highest BCUT2D eigenvalue weighted by atomic mass is 16.3. The first kappa shape index (κ1) is 23.5. The van der Waals surface area contributed by atoms with Gasteiger partial charge in [0.1, 0.15) is 22.8 Å². The summed E-state index contributed by atoms with van der Waals surface area (Å²) >= 11 is 0. The summed E-state index contributed by atoms with van der Waals surface area (Å²) in [6, 6.07) is 4.30. The van der Waals surface area contributed by atoms with Crippen LogP contribution in [0.4, 0.5) is 0 Å². The highest BCUT2D eigenvalue weighted by molar-refractivity contribution is 6.23. The maximum Gasteiger partial charge on any atom is 0.259 e. The van der Waals surface area contributed by atoms with Crippen molar-refractivity contribution in [2.75, 3.05) is 19.8 Å². The van der Waals surface area contributed by atoms with Crippen molar-refractivity contribution in [1.82, 2.24) is 10.2 Å². The van der Waals surface area contributed by atoms with Gasteiger partial charge in [0.05, 0.1) is 17.8 Å². The second-order valence-corrected chi connectivity index (χ2v) is 10.0. The minimum absolute atomic E-state index is 0.123. The van der Waals surface area contributed by atoms with E-state index in [-0.39, 0.29) is 35.5 Å². The number of phenols is 1. The van der Waals surface area contributed by atoms with Gasteiger partial charge in [0.15, 0.2) is 11.4 Å². The maximum atomic E-state index is 13.7. The number of carbonyl (C=O) groups excluding carboxylic acids is 3. The number of likely N-dealkylation sites (tertiary alicyclic amines) is 1. The molecule has 1 aromatic carbocycles. The van der Waals surface area contributed by atoms with Crippen molar-refractivity contribution in [2.24, 2.45) is 11.8 Å². The quantitative estimate of drug-likeness (QED) is 0.340. The molecule has 0 bridgehead atoms. The third kappa shape index (κ3) is 3.24. The molecular formula is C25H28N2O8. The molecule has 0 spiro atoms. The van der Waals surface area contributed by atoms with E-state index < -0.39 is 64.0 Å². The maximum absolute atomic E-state index is 13.7. The lowest BCUT2D eigenvalue weighted by molar-refractivity contribution is -0.152. The monoisotopic (exact) mass is 484 g/mol. The molecule has 0 aromatic heterocycles. The Kier molecular flexibility index (Phi) is 5.31. The van der Waals surface area contributed by atoms with Gasteiger partial charge in [0, 0.05) is 23.8 Å². The Hall–Kier alpha value is -3.21. The van der Waals surface area contributed by atoms with E-state index in [9.17, 15) is 39.9 Å². The summed E-state index contributed by atoms with van der Waals surface area (Å²) < 4.78 is 0. The number of aliphatic hydroxyl groups excluding tert-OH is 2. The minimum Gasteiger partial charge on any atom is -0.508 e. The van der Waals surface area contributed by atoms with Crippen molar-refractivity contribution >= 4 is 23.2 Å². The number of fused-ring (bicyclic) bond motifs is 3. The Bertz CT molecular complexity index is 1210. The number of phenolic OH excluding ortho intramolecular Hbond substituents is 1. The van der Waals surface area contributed by atoms with Gasteiger partial charge in [0.25, 0.3) is 5.91 Å². The first-order valence-corrected chi connectivity index (χ1v) is 11.7. The second kappa shape index (κ2) is 7.91. The van der Waals surface area contributed by atoms with Gasteiger partial charge in [-0.2, -0.15) is 0 Å². The molecule has 0 radical (unpaired) electrons. The van der Waals surface area contributed by atoms with E-state index in [1.165, 1.54) is 25.1 Å². The minimum atomic E-state index is -2.63. The van der Waals surface area contributed by atoms with Crippen molar-refractivity contribution in [3.63, 3.8) is 0 Å². The summed E-state index contributed by atoms with van der Waals surface area (Å²) in [6.07, 6.45) is 1.45. The van der Waals surface area contributed by atoms with E-state index in [2.05, 4.69) is 5.32 Å². The molecule has 5 rings (SSSR count). The fourth-order valence-corrected chi connectivity index (χ4v) is 6.07. The highest BCUT2D eigenvalue weighted by Gasteiger charge is 2.63. The van der Waals surface area contributed by atoms with Crippen LogP contribution in [0.25, 0.3) is 5.76 Å². The summed E-state index contributed by atoms with van der Waals surface area (Å²) in [4.78, 5) is 41.4. The number of hydrogen-bond donors (Lipinski definition) is 6. The SMILES string of the molecule is CC1(O)c2cccc(O)c2C(O)=C2C(=O)C3(O)C(O)=C(C(=O)NCN4CCCC4)C(=O)CC3CC21. The molecular weight excluding hydrogens is 456 g/mol. The van der Waals surface area contributed by atoms with Crippen molar-refractivity contribution in [1.29, 1.82) is 0 Å². The highest BCUT2D eigenvalue weighted by Crippen LogP contribution is 2.56. The van der Waals surface area contributed by atoms with Crippen molar-refractivity contribution in [2.45, 2.75) is 43.8 Å². The standard InChI is InChI=1S/C25H28N2O8/c1-24(34)13-5-4-6-15(28)17(13)20(30)18-14(24)9-12-10-16(29)19(22(32)25(12,35)21(18)31)23(33)26-11-27-7-2-3-8-27/h4-6,12,14,28,30,32,34-35H,2-3,7-11H2,1H3,(H,26,33). The zero-order valence-corrected chi connectivity index (χ0v) is 19.2. The lowest BCUT2D eigenvalue weighted by Gasteiger charge is -2.50. The summed E-state index contributed by atoms with van der Waals surface area (Å²) in [5.74, 6) is -6.88. The number of Topliss-reactive ketones (excluding diaryl/α,β-unsaturated/α-hetero) is 2. The van der Waals surface area contributed by atoms with E-state index in [1.54, 1.807) is 0 Å². The van der Waals surface area contributed by atoms with Crippen LogP contribution in [0, 0.1) is 11.8 Å². The Morgan fingerprint density at radius 3 is 2.51 bits per heavy atom. The molecule has 1 amide bonds. The molecule has 186 valence electrons. The molecule has 1 heterocycles. The predicted molar refractivity (Wildman–Crippen MR) is 122 cm³/mol. The number of carbonyl (C=O) groups is 3. The Morgan fingerprint density at radius 1 is 1.14 bits per heavy atom. The molecule has 6 N–H and O–H groups in total. The normalized spacial score (nSPS) is 32.9. The van der Waals surface area contributed by atoms with Crippen LogP contribution < -0.4 is 5.32 Å². The molecule has 1 saturated carbocycles. The number of hydrogen-bond acceptors (Lipinski definition) is 9. The third-order valence-electron chi connectivity index (χ3n) is 8.01. The lowest BCUT2D eigenvalue weighted by atomic mass is 9.56. The fraction of sp³-hybridized carbons (Fsp3) is 0.480. The molecule has 4 aliphatic rings. The molecule has 1 aromatic rings. The Morgan fingerprint density at radius 2 is 1.83 bits per heavy atom. The first-order valence-electron chi connectivity index (χ1n) is 11.7. The molecule has 2 fully saturated rings. The van der Waals surface area contributed by atoms with Crippen LogP contribution in [0.3, 0.4) is 0 Å². The van der Waals surface area contributed by atoms with E-state index in [1.807, 2.05) is 4.90 Å². The Labute approximate surface area is 201 Å². The van der Waals surface area contributed by atoms with Gasteiger partial charge < -0.3 is 30.8 Å². The third-order valence-corrected chi connectivity index (χ3v) is 8.01. The number of nitrogens with one attached hydrogen (secondary N) is 1. The smallest absolute Gasteiger partial charge is 0.259 e. The van der Waals surface area contributed by atoms with Crippen LogP contribution in [0.2, 0.25) is 0 Å². The second-order valence-electron chi connectivity index (χ2n) is 10.0. The zero-order chi connectivity index (χ0) is 25.3. The number of aliphatic hydroxyl groups is 4.